The topological polar surface area (TPSA) is 48.1 Å². The molecule has 3 heteroatoms. The quantitative estimate of drug-likeness (QED) is 0.800. The van der Waals surface area contributed by atoms with Gasteiger partial charge in [0.1, 0.15) is 5.75 Å². The Labute approximate surface area is 101 Å². The zero-order valence-corrected chi connectivity index (χ0v) is 9.67. The van der Waals surface area contributed by atoms with Gasteiger partial charge in [-0.3, -0.25) is 4.98 Å². The lowest BCUT2D eigenvalue weighted by Crippen LogP contribution is -2.05. The first-order chi connectivity index (χ1) is 8.40. The molecule has 0 spiro atoms. The first kappa shape index (κ1) is 11.6. The second kappa shape index (κ2) is 6.01. The van der Waals surface area contributed by atoms with Crippen LogP contribution in [0.25, 0.3) is 11.3 Å². The van der Waals surface area contributed by atoms with E-state index in [0.717, 1.165) is 23.4 Å². The van der Waals surface area contributed by atoms with Crippen molar-refractivity contribution in [1.29, 1.82) is 0 Å². The van der Waals surface area contributed by atoms with Gasteiger partial charge in [-0.25, -0.2) is 0 Å². The molecule has 0 aliphatic carbocycles. The maximum absolute atomic E-state index is 5.54. The second-order valence-electron chi connectivity index (χ2n) is 3.73. The zero-order chi connectivity index (χ0) is 11.9. The van der Waals surface area contributed by atoms with Crippen LogP contribution >= 0.6 is 0 Å². The van der Waals surface area contributed by atoms with Crippen LogP contribution in [0.1, 0.15) is 6.42 Å². The Morgan fingerprint density at radius 1 is 1.06 bits per heavy atom. The van der Waals surface area contributed by atoms with Gasteiger partial charge < -0.3 is 10.5 Å². The van der Waals surface area contributed by atoms with Crippen LogP contribution in [0.5, 0.6) is 5.75 Å². The van der Waals surface area contributed by atoms with Crippen molar-refractivity contribution in [2.24, 2.45) is 5.73 Å². The molecule has 0 radical (unpaired) electrons. The van der Waals surface area contributed by atoms with Crippen molar-refractivity contribution in [2.45, 2.75) is 6.42 Å². The summed E-state index contributed by atoms with van der Waals surface area (Å²) in [5, 5.41) is 0. The van der Waals surface area contributed by atoms with E-state index < -0.39 is 0 Å². The van der Waals surface area contributed by atoms with E-state index in [0.29, 0.717) is 13.2 Å². The maximum atomic E-state index is 5.54. The number of nitrogens with zero attached hydrogens (tertiary/aromatic N) is 1. The number of nitrogens with two attached hydrogens (primary N) is 1. The Morgan fingerprint density at radius 3 is 2.53 bits per heavy atom. The highest BCUT2D eigenvalue weighted by atomic mass is 16.5. The van der Waals surface area contributed by atoms with Crippen LogP contribution in [-0.4, -0.2) is 18.1 Å². The molecule has 0 saturated heterocycles. The van der Waals surface area contributed by atoms with Crippen molar-refractivity contribution in [1.82, 2.24) is 4.98 Å². The number of aromatic nitrogens is 1. The highest BCUT2D eigenvalue weighted by molar-refractivity contribution is 5.59. The van der Waals surface area contributed by atoms with E-state index >= 15 is 0 Å². The molecule has 0 saturated carbocycles. The Hall–Kier alpha value is -1.87. The Balaban J connectivity index is 2.03. The largest absolute Gasteiger partial charge is 0.494 e. The van der Waals surface area contributed by atoms with E-state index in [1.807, 2.05) is 42.5 Å². The lowest BCUT2D eigenvalue weighted by atomic mass is 10.1. The molecule has 3 nitrogen and oxygen atoms in total. The zero-order valence-electron chi connectivity index (χ0n) is 9.67. The van der Waals surface area contributed by atoms with Crippen molar-refractivity contribution in [3.8, 4) is 17.0 Å². The molecule has 0 fully saturated rings. The first-order valence-electron chi connectivity index (χ1n) is 5.74. The smallest absolute Gasteiger partial charge is 0.119 e. The van der Waals surface area contributed by atoms with Crippen LogP contribution in [0.15, 0.2) is 48.7 Å². The van der Waals surface area contributed by atoms with Crippen molar-refractivity contribution in [3.05, 3.63) is 48.7 Å². The molecular formula is C14H16N2O. The summed E-state index contributed by atoms with van der Waals surface area (Å²) in [5.74, 6) is 0.873. The van der Waals surface area contributed by atoms with Crippen LogP contribution < -0.4 is 10.5 Å². The summed E-state index contributed by atoms with van der Waals surface area (Å²) in [6.45, 7) is 1.32. The van der Waals surface area contributed by atoms with Gasteiger partial charge >= 0.3 is 0 Å². The molecule has 0 atom stereocenters. The van der Waals surface area contributed by atoms with Crippen molar-refractivity contribution in [2.75, 3.05) is 13.2 Å². The average Bonchev–Trinajstić information content (AvgIpc) is 2.41. The van der Waals surface area contributed by atoms with Gasteiger partial charge in [-0.2, -0.15) is 0 Å². The predicted octanol–water partition coefficient (Wildman–Crippen LogP) is 2.48. The molecule has 88 valence electrons. The van der Waals surface area contributed by atoms with Gasteiger partial charge in [-0.1, -0.05) is 6.07 Å². The van der Waals surface area contributed by atoms with E-state index in [1.165, 1.54) is 0 Å². The summed E-state index contributed by atoms with van der Waals surface area (Å²) in [6.07, 6.45) is 2.67. The Morgan fingerprint density at radius 2 is 1.88 bits per heavy atom. The minimum atomic E-state index is 0.659. The van der Waals surface area contributed by atoms with Crippen LogP contribution in [0.4, 0.5) is 0 Å². The van der Waals surface area contributed by atoms with Crippen LogP contribution in [0, 0.1) is 0 Å². The second-order valence-corrected chi connectivity index (χ2v) is 3.73. The van der Waals surface area contributed by atoms with Crippen molar-refractivity contribution in [3.63, 3.8) is 0 Å². The molecule has 1 aromatic heterocycles. The standard InChI is InChI=1S/C14H16N2O/c15-9-3-11-17-13-7-5-12(6-8-13)14-4-1-2-10-16-14/h1-2,4-8,10H,3,9,11,15H2. The van der Waals surface area contributed by atoms with Gasteiger partial charge in [0, 0.05) is 11.8 Å². The van der Waals surface area contributed by atoms with E-state index in [-0.39, 0.29) is 0 Å². The molecule has 0 aliphatic heterocycles. The highest BCUT2D eigenvalue weighted by Gasteiger charge is 1.98. The minimum absolute atomic E-state index is 0.659. The molecule has 0 unspecified atom stereocenters. The van der Waals surface area contributed by atoms with Crippen molar-refractivity contribution >= 4 is 0 Å². The number of rotatable bonds is 5. The molecule has 0 aliphatic rings. The third kappa shape index (κ3) is 3.29. The Kier molecular flexibility index (Phi) is 4.11. The van der Waals surface area contributed by atoms with Crippen LogP contribution in [-0.2, 0) is 0 Å². The summed E-state index contributed by atoms with van der Waals surface area (Å²) in [5.41, 5.74) is 7.47. The molecule has 0 amide bonds. The molecule has 17 heavy (non-hydrogen) atoms. The van der Waals surface area contributed by atoms with Gasteiger partial charge in [0.05, 0.1) is 12.3 Å². The minimum Gasteiger partial charge on any atom is -0.494 e. The van der Waals surface area contributed by atoms with Gasteiger partial charge in [0.15, 0.2) is 0 Å². The fraction of sp³-hybridized carbons (Fsp3) is 0.214. The summed E-state index contributed by atoms with van der Waals surface area (Å²) < 4.78 is 5.54. The fourth-order valence-electron chi connectivity index (χ4n) is 1.53. The van der Waals surface area contributed by atoms with E-state index in [1.54, 1.807) is 6.20 Å². The van der Waals surface area contributed by atoms with Crippen LogP contribution in [0.3, 0.4) is 0 Å². The number of benzene rings is 1. The van der Waals surface area contributed by atoms with Gasteiger partial charge in [-0.15, -0.1) is 0 Å². The lowest BCUT2D eigenvalue weighted by Gasteiger charge is -2.06. The third-order valence-corrected chi connectivity index (χ3v) is 2.43. The highest BCUT2D eigenvalue weighted by Crippen LogP contribution is 2.20. The number of hydrogen-bond acceptors (Lipinski definition) is 3. The van der Waals surface area contributed by atoms with Crippen LogP contribution in [0.2, 0.25) is 0 Å². The summed E-state index contributed by atoms with van der Waals surface area (Å²) >= 11 is 0. The molecule has 2 aromatic rings. The van der Waals surface area contributed by atoms with Gasteiger partial charge in [0.2, 0.25) is 0 Å². The van der Waals surface area contributed by atoms with Gasteiger partial charge in [-0.05, 0) is 49.4 Å². The molecule has 1 aromatic carbocycles. The fourth-order valence-corrected chi connectivity index (χ4v) is 1.53. The monoisotopic (exact) mass is 228 g/mol. The SMILES string of the molecule is NCCCOc1ccc(-c2ccccn2)cc1. The molecular weight excluding hydrogens is 212 g/mol. The Bertz CT molecular complexity index is 440. The first-order valence-corrected chi connectivity index (χ1v) is 5.74. The number of ether oxygens (including phenoxy) is 1. The summed E-state index contributed by atoms with van der Waals surface area (Å²) in [7, 11) is 0. The van der Waals surface area contributed by atoms with E-state index in [9.17, 15) is 0 Å². The summed E-state index contributed by atoms with van der Waals surface area (Å²) in [6, 6.07) is 13.8. The van der Waals surface area contributed by atoms with Gasteiger partial charge in [0.25, 0.3) is 0 Å². The van der Waals surface area contributed by atoms with E-state index in [4.69, 9.17) is 10.5 Å². The summed E-state index contributed by atoms with van der Waals surface area (Å²) in [4.78, 5) is 4.30. The third-order valence-electron chi connectivity index (χ3n) is 2.43. The average molecular weight is 228 g/mol. The molecule has 0 bridgehead atoms. The molecule has 2 N–H and O–H groups in total. The molecule has 1 heterocycles. The maximum Gasteiger partial charge on any atom is 0.119 e. The predicted molar refractivity (Wildman–Crippen MR) is 68.8 cm³/mol. The lowest BCUT2D eigenvalue weighted by molar-refractivity contribution is 0.313. The van der Waals surface area contributed by atoms with Crippen molar-refractivity contribution < 1.29 is 4.74 Å². The normalized spacial score (nSPS) is 10.2. The number of pyridine rings is 1. The number of hydrogen-bond donors (Lipinski definition) is 1. The van der Waals surface area contributed by atoms with E-state index in [2.05, 4.69) is 4.98 Å². The molecule has 2 rings (SSSR count).